The monoisotopic (exact) mass is 342 g/mol. The molecule has 0 spiro atoms. The van der Waals surface area contributed by atoms with E-state index in [1.54, 1.807) is 18.2 Å². The van der Waals surface area contributed by atoms with Gasteiger partial charge in [0.15, 0.2) is 0 Å². The van der Waals surface area contributed by atoms with E-state index in [0.717, 1.165) is 6.54 Å². The summed E-state index contributed by atoms with van der Waals surface area (Å²) in [7, 11) is 3.89. The molecule has 0 aliphatic heterocycles. The maximum Gasteiger partial charge on any atom is 0.123 e. The van der Waals surface area contributed by atoms with E-state index in [2.05, 4.69) is 6.07 Å². The highest BCUT2D eigenvalue weighted by Gasteiger charge is 2.35. The number of nitriles is 1. The number of nitrogens with zero attached hydrogens (tertiary/aromatic N) is 2. The van der Waals surface area contributed by atoms with Crippen molar-refractivity contribution in [3.8, 4) is 6.07 Å². The summed E-state index contributed by atoms with van der Waals surface area (Å²) in [6, 6.07) is 12.7. The Morgan fingerprint density at radius 2 is 1.84 bits per heavy atom. The van der Waals surface area contributed by atoms with Gasteiger partial charge in [0, 0.05) is 5.56 Å². The Balaban J connectivity index is 2.59. The highest BCUT2D eigenvalue weighted by atomic mass is 19.1. The van der Waals surface area contributed by atoms with E-state index in [1.807, 2.05) is 19.0 Å². The van der Waals surface area contributed by atoms with Gasteiger partial charge >= 0.3 is 0 Å². The molecule has 0 saturated heterocycles. The molecule has 2 aromatic carbocycles. The third kappa shape index (κ3) is 4.23. The van der Waals surface area contributed by atoms with Crippen molar-refractivity contribution in [2.75, 3.05) is 20.6 Å². The molecule has 4 nitrogen and oxygen atoms in total. The van der Waals surface area contributed by atoms with Crippen molar-refractivity contribution in [1.82, 2.24) is 4.90 Å². The van der Waals surface area contributed by atoms with Gasteiger partial charge in [0.1, 0.15) is 11.4 Å². The zero-order valence-electron chi connectivity index (χ0n) is 14.5. The van der Waals surface area contributed by atoms with E-state index in [9.17, 15) is 19.9 Å². The van der Waals surface area contributed by atoms with Crippen LogP contribution in [0.5, 0.6) is 0 Å². The fourth-order valence-corrected chi connectivity index (χ4v) is 3.10. The lowest BCUT2D eigenvalue weighted by Crippen LogP contribution is -2.31. The summed E-state index contributed by atoms with van der Waals surface area (Å²) in [5.74, 6) is -0.393. The van der Waals surface area contributed by atoms with Gasteiger partial charge in [-0.2, -0.15) is 5.26 Å². The molecule has 0 amide bonds. The summed E-state index contributed by atoms with van der Waals surface area (Å²) in [5.41, 5.74) is 0.225. The summed E-state index contributed by atoms with van der Waals surface area (Å²) < 4.78 is 13.3. The maximum atomic E-state index is 13.3. The number of rotatable bonds is 7. The van der Waals surface area contributed by atoms with Crippen LogP contribution in [0.1, 0.15) is 35.1 Å². The summed E-state index contributed by atoms with van der Waals surface area (Å²) in [6.45, 7) is 0.467. The molecule has 25 heavy (non-hydrogen) atoms. The zero-order valence-corrected chi connectivity index (χ0v) is 14.5. The largest absolute Gasteiger partial charge is 0.392 e. The molecule has 0 aromatic heterocycles. The lowest BCUT2D eigenvalue weighted by atomic mass is 9.78. The van der Waals surface area contributed by atoms with Crippen LogP contribution in [0.15, 0.2) is 42.5 Å². The first-order valence-corrected chi connectivity index (χ1v) is 8.19. The van der Waals surface area contributed by atoms with Crippen LogP contribution in [-0.2, 0) is 12.2 Å². The molecule has 0 fully saturated rings. The van der Waals surface area contributed by atoms with E-state index in [4.69, 9.17) is 0 Å². The Labute approximate surface area is 147 Å². The van der Waals surface area contributed by atoms with Crippen molar-refractivity contribution >= 4 is 0 Å². The molecule has 132 valence electrons. The van der Waals surface area contributed by atoms with Crippen molar-refractivity contribution in [2.24, 2.45) is 0 Å². The molecular formula is C20H23FN2O2. The third-order valence-electron chi connectivity index (χ3n) is 4.32. The SMILES string of the molecule is CN(C)CCC[C@](O)(c1ccc(F)cc1)c1c(C#N)cccc1CO. The molecule has 5 heteroatoms. The van der Waals surface area contributed by atoms with Crippen LogP contribution in [0.3, 0.4) is 0 Å². The average Bonchev–Trinajstić information content (AvgIpc) is 2.61. The fraction of sp³-hybridized carbons (Fsp3) is 0.350. The van der Waals surface area contributed by atoms with Crippen molar-refractivity contribution in [3.05, 3.63) is 70.5 Å². The van der Waals surface area contributed by atoms with E-state index < -0.39 is 11.4 Å². The van der Waals surface area contributed by atoms with Crippen LogP contribution in [0.4, 0.5) is 4.39 Å². The van der Waals surface area contributed by atoms with E-state index in [1.165, 1.54) is 24.3 Å². The van der Waals surface area contributed by atoms with Crippen LogP contribution < -0.4 is 0 Å². The molecule has 0 radical (unpaired) electrons. The highest BCUT2D eigenvalue weighted by molar-refractivity contribution is 5.50. The van der Waals surface area contributed by atoms with E-state index >= 15 is 0 Å². The maximum absolute atomic E-state index is 13.3. The Morgan fingerprint density at radius 1 is 1.16 bits per heavy atom. The second-order valence-corrected chi connectivity index (χ2v) is 6.38. The molecule has 0 heterocycles. The number of benzene rings is 2. The quantitative estimate of drug-likeness (QED) is 0.812. The minimum absolute atomic E-state index is 0.290. The number of aliphatic hydroxyl groups is 2. The Morgan fingerprint density at radius 3 is 2.40 bits per heavy atom. The fourth-order valence-electron chi connectivity index (χ4n) is 3.10. The molecule has 2 aromatic rings. The molecule has 2 N–H and O–H groups in total. The lowest BCUT2D eigenvalue weighted by molar-refractivity contribution is 0.0638. The first-order chi connectivity index (χ1) is 11.9. The van der Waals surface area contributed by atoms with Gasteiger partial charge in [0.2, 0.25) is 0 Å². The van der Waals surface area contributed by atoms with Gasteiger partial charge < -0.3 is 15.1 Å². The van der Waals surface area contributed by atoms with E-state index in [-0.39, 0.29) is 6.61 Å². The minimum atomic E-state index is -1.48. The van der Waals surface area contributed by atoms with Gasteiger partial charge in [-0.3, -0.25) is 0 Å². The van der Waals surface area contributed by atoms with Crippen LogP contribution in [0.2, 0.25) is 0 Å². The second kappa shape index (κ2) is 8.21. The van der Waals surface area contributed by atoms with Gasteiger partial charge in [-0.1, -0.05) is 24.3 Å². The Kier molecular flexibility index (Phi) is 6.27. The molecule has 1 atom stereocenters. The topological polar surface area (TPSA) is 67.5 Å². The predicted octanol–water partition coefficient (Wildman–Crippen LogP) is 2.77. The standard InChI is InChI=1S/C20H23FN2O2/c1-23(2)12-4-11-20(25,17-7-9-18(21)10-8-17)19-15(13-22)5-3-6-16(19)14-24/h3,5-10,24-25H,4,11-12,14H2,1-2H3/t20-/m0/s1. The van der Waals surface area contributed by atoms with Crippen LogP contribution in [-0.4, -0.2) is 35.8 Å². The summed E-state index contributed by atoms with van der Waals surface area (Å²) in [6.07, 6.45) is 1.02. The van der Waals surface area contributed by atoms with Gasteiger partial charge in [-0.15, -0.1) is 0 Å². The van der Waals surface area contributed by atoms with Gasteiger partial charge in [-0.25, -0.2) is 4.39 Å². The predicted molar refractivity (Wildman–Crippen MR) is 94.3 cm³/mol. The smallest absolute Gasteiger partial charge is 0.123 e. The van der Waals surface area contributed by atoms with Crippen LogP contribution in [0, 0.1) is 17.1 Å². The first kappa shape index (κ1) is 19.1. The normalized spacial score (nSPS) is 13.5. The molecule has 0 aliphatic carbocycles. The van der Waals surface area contributed by atoms with Gasteiger partial charge in [0.25, 0.3) is 0 Å². The number of aliphatic hydroxyl groups excluding tert-OH is 1. The summed E-state index contributed by atoms with van der Waals surface area (Å²) >= 11 is 0. The van der Waals surface area contributed by atoms with Crippen molar-refractivity contribution in [2.45, 2.75) is 25.0 Å². The average molecular weight is 342 g/mol. The molecule has 0 unspecified atom stereocenters. The van der Waals surface area contributed by atoms with Gasteiger partial charge in [-0.05, 0) is 62.8 Å². The molecular weight excluding hydrogens is 319 g/mol. The highest BCUT2D eigenvalue weighted by Crippen LogP contribution is 2.38. The van der Waals surface area contributed by atoms with Crippen molar-refractivity contribution in [1.29, 1.82) is 5.26 Å². The summed E-state index contributed by atoms with van der Waals surface area (Å²) in [4.78, 5) is 2.01. The Hall–Kier alpha value is -2.26. The molecule has 0 bridgehead atoms. The zero-order chi connectivity index (χ0) is 18.4. The third-order valence-corrected chi connectivity index (χ3v) is 4.32. The second-order valence-electron chi connectivity index (χ2n) is 6.38. The molecule has 0 saturated carbocycles. The van der Waals surface area contributed by atoms with E-state index in [0.29, 0.717) is 35.1 Å². The van der Waals surface area contributed by atoms with Gasteiger partial charge in [0.05, 0.1) is 18.2 Å². The van der Waals surface area contributed by atoms with Crippen molar-refractivity contribution < 1.29 is 14.6 Å². The summed E-state index contributed by atoms with van der Waals surface area (Å²) in [5, 5.41) is 30.8. The van der Waals surface area contributed by atoms with Crippen LogP contribution in [0.25, 0.3) is 0 Å². The number of hydrogen-bond acceptors (Lipinski definition) is 4. The number of hydrogen-bond donors (Lipinski definition) is 2. The lowest BCUT2D eigenvalue weighted by Gasteiger charge is -2.32. The van der Waals surface area contributed by atoms with Crippen LogP contribution >= 0.6 is 0 Å². The Bertz CT molecular complexity index is 753. The number of halogens is 1. The molecule has 2 rings (SSSR count). The first-order valence-electron chi connectivity index (χ1n) is 8.19. The molecule has 0 aliphatic rings. The minimum Gasteiger partial charge on any atom is -0.392 e. The van der Waals surface area contributed by atoms with Crippen molar-refractivity contribution in [3.63, 3.8) is 0 Å².